The Labute approximate surface area is 126 Å². The molecule has 1 rings (SSSR count). The molecular formula is C14H20BrF3N2. The van der Waals surface area contributed by atoms with Crippen molar-refractivity contribution < 1.29 is 13.2 Å². The predicted molar refractivity (Wildman–Crippen MR) is 80.1 cm³/mol. The Kier molecular flexibility index (Phi) is 6.82. The van der Waals surface area contributed by atoms with Crippen LogP contribution in [0.4, 0.5) is 18.9 Å². The third kappa shape index (κ3) is 5.71. The molecule has 0 unspecified atom stereocenters. The fourth-order valence-electron chi connectivity index (χ4n) is 2.01. The third-order valence-electron chi connectivity index (χ3n) is 2.82. The minimum Gasteiger partial charge on any atom is -0.362 e. The standard InChI is InChI=1S/C14H20BrF3N2/c1-3-7-20(10-14(16,17)18)13-8-12(15)6-5-11(13)9-19-4-2/h5-6,8,19H,3-4,7,9-10H2,1-2H3. The summed E-state index contributed by atoms with van der Waals surface area (Å²) in [6, 6.07) is 5.48. The topological polar surface area (TPSA) is 15.3 Å². The lowest BCUT2D eigenvalue weighted by Gasteiger charge is -2.28. The van der Waals surface area contributed by atoms with Crippen LogP contribution in [0.25, 0.3) is 0 Å². The first-order chi connectivity index (χ1) is 9.37. The minimum atomic E-state index is -4.20. The summed E-state index contributed by atoms with van der Waals surface area (Å²) in [4.78, 5) is 1.40. The average molecular weight is 353 g/mol. The molecule has 0 saturated carbocycles. The van der Waals surface area contributed by atoms with Crippen LogP contribution in [-0.2, 0) is 6.54 Å². The number of nitrogens with one attached hydrogen (secondary N) is 1. The summed E-state index contributed by atoms with van der Waals surface area (Å²) >= 11 is 3.34. The van der Waals surface area contributed by atoms with E-state index < -0.39 is 12.7 Å². The fraction of sp³-hybridized carbons (Fsp3) is 0.571. The average Bonchev–Trinajstić information content (AvgIpc) is 2.35. The van der Waals surface area contributed by atoms with Crippen LogP contribution in [0.2, 0.25) is 0 Å². The molecule has 1 N–H and O–H groups in total. The summed E-state index contributed by atoms with van der Waals surface area (Å²) in [6.07, 6.45) is -3.53. The monoisotopic (exact) mass is 352 g/mol. The zero-order valence-corrected chi connectivity index (χ0v) is 13.3. The molecule has 114 valence electrons. The summed E-state index contributed by atoms with van der Waals surface area (Å²) in [5.74, 6) is 0. The summed E-state index contributed by atoms with van der Waals surface area (Å²) < 4.78 is 39.0. The quantitative estimate of drug-likeness (QED) is 0.785. The van der Waals surface area contributed by atoms with E-state index in [1.54, 1.807) is 6.07 Å². The molecule has 0 aliphatic heterocycles. The summed E-state index contributed by atoms with van der Waals surface area (Å²) in [5, 5.41) is 3.16. The molecule has 0 atom stereocenters. The van der Waals surface area contributed by atoms with Gasteiger partial charge in [-0.1, -0.05) is 35.8 Å². The number of hydrogen-bond donors (Lipinski definition) is 1. The van der Waals surface area contributed by atoms with E-state index in [2.05, 4.69) is 21.2 Å². The van der Waals surface area contributed by atoms with Gasteiger partial charge in [0, 0.05) is 23.2 Å². The number of alkyl halides is 3. The van der Waals surface area contributed by atoms with Gasteiger partial charge in [0.15, 0.2) is 0 Å². The second-order valence-corrected chi connectivity index (χ2v) is 5.51. The molecular weight excluding hydrogens is 333 g/mol. The van der Waals surface area contributed by atoms with E-state index in [0.29, 0.717) is 25.2 Å². The molecule has 0 fully saturated rings. The number of benzene rings is 1. The van der Waals surface area contributed by atoms with Gasteiger partial charge in [0.1, 0.15) is 6.54 Å². The second kappa shape index (κ2) is 7.88. The molecule has 1 aromatic carbocycles. The number of rotatable bonds is 7. The molecule has 0 saturated heterocycles. The molecule has 0 amide bonds. The molecule has 2 nitrogen and oxygen atoms in total. The lowest BCUT2D eigenvalue weighted by molar-refractivity contribution is -0.119. The van der Waals surface area contributed by atoms with Gasteiger partial charge in [-0.2, -0.15) is 13.2 Å². The highest BCUT2D eigenvalue weighted by atomic mass is 79.9. The highest BCUT2D eigenvalue weighted by molar-refractivity contribution is 9.10. The molecule has 0 aliphatic rings. The first-order valence-corrected chi connectivity index (χ1v) is 7.47. The molecule has 0 heterocycles. The zero-order valence-electron chi connectivity index (χ0n) is 11.7. The molecule has 0 aliphatic carbocycles. The van der Waals surface area contributed by atoms with Gasteiger partial charge in [-0.15, -0.1) is 0 Å². The smallest absolute Gasteiger partial charge is 0.362 e. The van der Waals surface area contributed by atoms with E-state index in [1.165, 1.54) is 4.90 Å². The lowest BCUT2D eigenvalue weighted by Crippen LogP contribution is -2.35. The van der Waals surface area contributed by atoms with E-state index in [4.69, 9.17) is 0 Å². The summed E-state index contributed by atoms with van der Waals surface area (Å²) in [6.45, 7) is 4.66. The van der Waals surface area contributed by atoms with E-state index in [1.807, 2.05) is 26.0 Å². The Morgan fingerprint density at radius 2 is 1.95 bits per heavy atom. The van der Waals surface area contributed by atoms with Crippen molar-refractivity contribution in [2.45, 2.75) is 33.0 Å². The van der Waals surface area contributed by atoms with Crippen LogP contribution in [0.5, 0.6) is 0 Å². The molecule has 0 radical (unpaired) electrons. The normalized spacial score (nSPS) is 11.7. The highest BCUT2D eigenvalue weighted by Gasteiger charge is 2.31. The third-order valence-corrected chi connectivity index (χ3v) is 3.31. The molecule has 20 heavy (non-hydrogen) atoms. The van der Waals surface area contributed by atoms with Crippen molar-refractivity contribution in [3.63, 3.8) is 0 Å². The second-order valence-electron chi connectivity index (χ2n) is 4.59. The Morgan fingerprint density at radius 3 is 2.50 bits per heavy atom. The molecule has 6 heteroatoms. The Hall–Kier alpha value is -0.750. The Bertz CT molecular complexity index is 421. The maximum atomic E-state index is 12.7. The van der Waals surface area contributed by atoms with Crippen molar-refractivity contribution in [3.8, 4) is 0 Å². The van der Waals surface area contributed by atoms with E-state index in [0.717, 1.165) is 16.6 Å². The summed E-state index contributed by atoms with van der Waals surface area (Å²) in [5.41, 5.74) is 1.52. The molecule has 1 aromatic rings. The fourth-order valence-corrected chi connectivity index (χ4v) is 2.36. The summed E-state index contributed by atoms with van der Waals surface area (Å²) in [7, 11) is 0. The van der Waals surface area contributed by atoms with Crippen molar-refractivity contribution >= 4 is 21.6 Å². The first-order valence-electron chi connectivity index (χ1n) is 6.68. The Balaban J connectivity index is 3.06. The Morgan fingerprint density at radius 1 is 1.25 bits per heavy atom. The first kappa shape index (κ1) is 17.3. The van der Waals surface area contributed by atoms with Crippen LogP contribution in [0, 0.1) is 0 Å². The van der Waals surface area contributed by atoms with Gasteiger partial charge < -0.3 is 10.2 Å². The SMILES string of the molecule is CCCN(CC(F)(F)F)c1cc(Br)ccc1CNCC. The molecule has 0 spiro atoms. The molecule has 0 bridgehead atoms. The lowest BCUT2D eigenvalue weighted by atomic mass is 10.1. The van der Waals surface area contributed by atoms with Crippen LogP contribution < -0.4 is 10.2 Å². The van der Waals surface area contributed by atoms with Gasteiger partial charge in [0.2, 0.25) is 0 Å². The van der Waals surface area contributed by atoms with Crippen molar-refractivity contribution in [1.29, 1.82) is 0 Å². The van der Waals surface area contributed by atoms with Crippen molar-refractivity contribution in [3.05, 3.63) is 28.2 Å². The number of nitrogens with zero attached hydrogens (tertiary/aromatic N) is 1. The van der Waals surface area contributed by atoms with Crippen LogP contribution in [0.1, 0.15) is 25.8 Å². The maximum Gasteiger partial charge on any atom is 0.405 e. The van der Waals surface area contributed by atoms with E-state index >= 15 is 0 Å². The largest absolute Gasteiger partial charge is 0.405 e. The van der Waals surface area contributed by atoms with Gasteiger partial charge in [-0.05, 0) is 30.7 Å². The van der Waals surface area contributed by atoms with E-state index in [9.17, 15) is 13.2 Å². The van der Waals surface area contributed by atoms with Gasteiger partial charge in [0.05, 0.1) is 0 Å². The minimum absolute atomic E-state index is 0.384. The van der Waals surface area contributed by atoms with Crippen LogP contribution in [-0.4, -0.2) is 25.8 Å². The van der Waals surface area contributed by atoms with Crippen molar-refractivity contribution in [1.82, 2.24) is 5.32 Å². The van der Waals surface area contributed by atoms with Crippen LogP contribution in [0.15, 0.2) is 22.7 Å². The van der Waals surface area contributed by atoms with Gasteiger partial charge >= 0.3 is 6.18 Å². The molecule has 0 aromatic heterocycles. The maximum absolute atomic E-state index is 12.7. The van der Waals surface area contributed by atoms with Crippen LogP contribution >= 0.6 is 15.9 Å². The zero-order chi connectivity index (χ0) is 15.2. The van der Waals surface area contributed by atoms with Crippen molar-refractivity contribution in [2.75, 3.05) is 24.5 Å². The van der Waals surface area contributed by atoms with Gasteiger partial charge in [0.25, 0.3) is 0 Å². The number of hydrogen-bond acceptors (Lipinski definition) is 2. The van der Waals surface area contributed by atoms with Gasteiger partial charge in [-0.3, -0.25) is 0 Å². The van der Waals surface area contributed by atoms with Crippen molar-refractivity contribution in [2.24, 2.45) is 0 Å². The number of halogens is 4. The predicted octanol–water partition coefficient (Wildman–Crippen LogP) is 4.34. The van der Waals surface area contributed by atoms with E-state index in [-0.39, 0.29) is 0 Å². The highest BCUT2D eigenvalue weighted by Crippen LogP contribution is 2.28. The van der Waals surface area contributed by atoms with Gasteiger partial charge in [-0.25, -0.2) is 0 Å². The number of anilines is 1. The van der Waals surface area contributed by atoms with Crippen LogP contribution in [0.3, 0.4) is 0 Å².